The van der Waals surface area contributed by atoms with Crippen molar-refractivity contribution in [2.45, 2.75) is 32.3 Å². The maximum Gasteiger partial charge on any atom is 0.265 e. The van der Waals surface area contributed by atoms with Crippen molar-refractivity contribution in [3.05, 3.63) is 51.5 Å². The van der Waals surface area contributed by atoms with E-state index in [0.29, 0.717) is 24.4 Å². The molecule has 22 heavy (non-hydrogen) atoms. The molecule has 5 heteroatoms. The van der Waals surface area contributed by atoms with Crippen LogP contribution in [0, 0.1) is 6.92 Å². The van der Waals surface area contributed by atoms with E-state index >= 15 is 0 Å². The number of likely N-dealkylation sites (tertiary alicyclic amines) is 1. The normalized spacial score (nSPS) is 21.3. The first-order chi connectivity index (χ1) is 10.5. The highest BCUT2D eigenvalue weighted by Gasteiger charge is 2.40. The van der Waals surface area contributed by atoms with Crippen molar-refractivity contribution >= 4 is 17.2 Å². The fourth-order valence-corrected chi connectivity index (χ4v) is 3.87. The number of amides is 1. The first-order valence-corrected chi connectivity index (χ1v) is 8.38. The van der Waals surface area contributed by atoms with Gasteiger partial charge in [0, 0.05) is 6.54 Å². The predicted molar refractivity (Wildman–Crippen MR) is 87.1 cm³/mol. The number of nitrogens with zero attached hydrogens (tertiary/aromatic N) is 2. The first kappa shape index (κ1) is 15.2. The number of rotatable bonds is 3. The summed E-state index contributed by atoms with van der Waals surface area (Å²) in [5, 5.41) is 11.8. The predicted octanol–water partition coefficient (Wildman–Crippen LogP) is 2.75. The largest absolute Gasteiger partial charge is 0.383 e. The van der Waals surface area contributed by atoms with Crippen LogP contribution < -0.4 is 0 Å². The van der Waals surface area contributed by atoms with E-state index in [-0.39, 0.29) is 5.91 Å². The van der Waals surface area contributed by atoms with Crippen LogP contribution in [0.4, 0.5) is 0 Å². The lowest BCUT2D eigenvalue weighted by Crippen LogP contribution is -2.34. The SMILES string of the molecule is CCc1nc(C)c(C(=O)N2CC[C@](O)(c3ccccc3)C2)s1. The summed E-state index contributed by atoms with van der Waals surface area (Å²) < 4.78 is 0. The van der Waals surface area contributed by atoms with Gasteiger partial charge in [0.15, 0.2) is 0 Å². The van der Waals surface area contributed by atoms with Gasteiger partial charge in [-0.3, -0.25) is 4.79 Å². The Morgan fingerprint density at radius 2 is 2.14 bits per heavy atom. The Morgan fingerprint density at radius 3 is 2.77 bits per heavy atom. The van der Waals surface area contributed by atoms with Crippen LogP contribution in [0.15, 0.2) is 30.3 Å². The third kappa shape index (κ3) is 2.66. The molecule has 2 aromatic rings. The Labute approximate surface area is 134 Å². The van der Waals surface area contributed by atoms with E-state index in [4.69, 9.17) is 0 Å². The Hall–Kier alpha value is -1.72. The van der Waals surface area contributed by atoms with E-state index in [9.17, 15) is 9.90 Å². The molecule has 2 heterocycles. The molecule has 0 unspecified atom stereocenters. The molecule has 1 aromatic heterocycles. The second-order valence-corrected chi connectivity index (χ2v) is 6.83. The highest BCUT2D eigenvalue weighted by molar-refractivity contribution is 7.13. The molecule has 1 aromatic carbocycles. The van der Waals surface area contributed by atoms with Crippen molar-refractivity contribution in [1.82, 2.24) is 9.88 Å². The molecule has 3 rings (SSSR count). The lowest BCUT2D eigenvalue weighted by atomic mass is 9.93. The highest BCUT2D eigenvalue weighted by Crippen LogP contribution is 2.33. The number of β-amino-alcohol motifs (C(OH)–C–C–N with tert-alkyl or cyclic N) is 1. The second-order valence-electron chi connectivity index (χ2n) is 5.75. The van der Waals surface area contributed by atoms with Gasteiger partial charge in [-0.1, -0.05) is 37.3 Å². The number of aryl methyl sites for hydroxylation is 2. The summed E-state index contributed by atoms with van der Waals surface area (Å²) in [7, 11) is 0. The summed E-state index contributed by atoms with van der Waals surface area (Å²) in [5.41, 5.74) is 0.728. The maximum absolute atomic E-state index is 12.7. The fourth-order valence-electron chi connectivity index (χ4n) is 2.90. The minimum atomic E-state index is -0.941. The van der Waals surface area contributed by atoms with Gasteiger partial charge >= 0.3 is 0 Å². The van der Waals surface area contributed by atoms with Crippen LogP contribution in [0.3, 0.4) is 0 Å². The van der Waals surface area contributed by atoms with E-state index < -0.39 is 5.60 Å². The number of carbonyl (C=O) groups excluding carboxylic acids is 1. The Bertz CT molecular complexity index is 683. The molecule has 1 amide bonds. The van der Waals surface area contributed by atoms with Crippen molar-refractivity contribution in [2.24, 2.45) is 0 Å². The Balaban J connectivity index is 1.80. The number of thiazole rings is 1. The minimum Gasteiger partial charge on any atom is -0.383 e. The lowest BCUT2D eigenvalue weighted by Gasteiger charge is -2.23. The van der Waals surface area contributed by atoms with E-state index in [1.165, 1.54) is 11.3 Å². The van der Waals surface area contributed by atoms with Crippen LogP contribution in [0.25, 0.3) is 0 Å². The van der Waals surface area contributed by atoms with Crippen molar-refractivity contribution in [3.63, 3.8) is 0 Å². The van der Waals surface area contributed by atoms with Gasteiger partial charge in [0.05, 0.1) is 17.2 Å². The zero-order valence-corrected chi connectivity index (χ0v) is 13.7. The smallest absolute Gasteiger partial charge is 0.265 e. The van der Waals surface area contributed by atoms with E-state index in [0.717, 1.165) is 22.7 Å². The van der Waals surface area contributed by atoms with Gasteiger partial charge in [0.25, 0.3) is 5.91 Å². The molecular weight excluding hydrogens is 296 g/mol. The zero-order chi connectivity index (χ0) is 15.7. The first-order valence-electron chi connectivity index (χ1n) is 7.57. The molecule has 0 spiro atoms. The minimum absolute atomic E-state index is 0.0124. The summed E-state index contributed by atoms with van der Waals surface area (Å²) in [6.45, 7) is 4.83. The van der Waals surface area contributed by atoms with Crippen LogP contribution in [-0.2, 0) is 12.0 Å². The molecule has 1 N–H and O–H groups in total. The average Bonchev–Trinajstić information content (AvgIpc) is 3.12. The van der Waals surface area contributed by atoms with Gasteiger partial charge in [-0.25, -0.2) is 4.98 Å². The Kier molecular flexibility index (Phi) is 4.02. The van der Waals surface area contributed by atoms with Gasteiger partial charge in [0.2, 0.25) is 0 Å². The standard InChI is InChI=1S/C17H20N2O2S/c1-3-14-18-12(2)15(22-14)16(20)19-10-9-17(21,11-19)13-7-5-4-6-8-13/h4-8,21H,3,9-11H2,1-2H3/t17-/m1/s1. The van der Waals surface area contributed by atoms with Gasteiger partial charge < -0.3 is 10.0 Å². The lowest BCUT2D eigenvalue weighted by molar-refractivity contribution is 0.0418. The molecule has 1 saturated heterocycles. The summed E-state index contributed by atoms with van der Waals surface area (Å²) in [6, 6.07) is 9.59. The number of hydrogen-bond acceptors (Lipinski definition) is 4. The zero-order valence-electron chi connectivity index (χ0n) is 12.9. The highest BCUT2D eigenvalue weighted by atomic mass is 32.1. The maximum atomic E-state index is 12.7. The van der Waals surface area contributed by atoms with E-state index in [2.05, 4.69) is 4.98 Å². The fraction of sp³-hybridized carbons (Fsp3) is 0.412. The van der Waals surface area contributed by atoms with Crippen molar-refractivity contribution in [3.8, 4) is 0 Å². The second kappa shape index (κ2) is 5.82. The average molecular weight is 316 g/mol. The van der Waals surface area contributed by atoms with Crippen molar-refractivity contribution in [1.29, 1.82) is 0 Å². The van der Waals surface area contributed by atoms with Gasteiger partial charge in [-0.2, -0.15) is 0 Å². The number of benzene rings is 1. The Morgan fingerprint density at radius 1 is 1.41 bits per heavy atom. The van der Waals surface area contributed by atoms with Crippen molar-refractivity contribution < 1.29 is 9.90 Å². The third-order valence-electron chi connectivity index (χ3n) is 4.18. The van der Waals surface area contributed by atoms with Crippen molar-refractivity contribution in [2.75, 3.05) is 13.1 Å². The van der Waals surface area contributed by atoms with E-state index in [1.54, 1.807) is 4.90 Å². The molecule has 116 valence electrons. The van der Waals surface area contributed by atoms with Crippen LogP contribution in [-0.4, -0.2) is 34.0 Å². The molecule has 4 nitrogen and oxygen atoms in total. The van der Waals surface area contributed by atoms with Gasteiger partial charge in [-0.05, 0) is 25.3 Å². The number of aliphatic hydroxyl groups is 1. The van der Waals surface area contributed by atoms with Gasteiger partial charge in [0.1, 0.15) is 10.5 Å². The summed E-state index contributed by atoms with van der Waals surface area (Å²) in [4.78, 5) is 19.6. The quantitative estimate of drug-likeness (QED) is 0.947. The molecule has 0 bridgehead atoms. The molecule has 0 aliphatic carbocycles. The molecular formula is C17H20N2O2S. The third-order valence-corrected chi connectivity index (χ3v) is 5.47. The molecule has 0 radical (unpaired) electrons. The monoisotopic (exact) mass is 316 g/mol. The molecule has 1 fully saturated rings. The molecule has 1 atom stereocenters. The van der Waals surface area contributed by atoms with Crippen LogP contribution in [0.2, 0.25) is 0 Å². The molecule has 0 saturated carbocycles. The van der Waals surface area contributed by atoms with Crippen LogP contribution in [0.1, 0.15) is 39.3 Å². The van der Waals surface area contributed by atoms with Crippen LogP contribution in [0.5, 0.6) is 0 Å². The number of carbonyl (C=O) groups is 1. The summed E-state index contributed by atoms with van der Waals surface area (Å²) >= 11 is 1.47. The van der Waals surface area contributed by atoms with E-state index in [1.807, 2.05) is 44.2 Å². The summed E-state index contributed by atoms with van der Waals surface area (Å²) in [6.07, 6.45) is 1.41. The van der Waals surface area contributed by atoms with Gasteiger partial charge in [-0.15, -0.1) is 11.3 Å². The number of hydrogen-bond donors (Lipinski definition) is 1. The number of aromatic nitrogens is 1. The van der Waals surface area contributed by atoms with Crippen LogP contribution >= 0.6 is 11.3 Å². The summed E-state index contributed by atoms with van der Waals surface area (Å²) in [5.74, 6) is -0.0124. The molecule has 1 aliphatic rings. The topological polar surface area (TPSA) is 53.4 Å². The molecule has 1 aliphatic heterocycles.